The summed E-state index contributed by atoms with van der Waals surface area (Å²) < 4.78 is 39.2. The lowest BCUT2D eigenvalue weighted by atomic mass is 10.1. The number of rotatable bonds is 10. The third-order valence-corrected chi connectivity index (χ3v) is 8.72. The Labute approximate surface area is 239 Å². The van der Waals surface area contributed by atoms with Crippen LogP contribution in [0.3, 0.4) is 0 Å². The first-order valence-corrected chi connectivity index (χ1v) is 15.1. The lowest BCUT2D eigenvalue weighted by Gasteiger charge is -2.20. The summed E-state index contributed by atoms with van der Waals surface area (Å²) in [6.45, 7) is 0.664. The van der Waals surface area contributed by atoms with Crippen LogP contribution in [0.1, 0.15) is 11.1 Å². The van der Waals surface area contributed by atoms with E-state index >= 15 is 0 Å². The van der Waals surface area contributed by atoms with Gasteiger partial charge in [0.15, 0.2) is 0 Å². The van der Waals surface area contributed by atoms with Crippen molar-refractivity contribution in [3.05, 3.63) is 132 Å². The van der Waals surface area contributed by atoms with E-state index in [9.17, 15) is 4.57 Å². The molecule has 6 rings (SSSR count). The molecular formula is C34H30NO5P. The zero-order chi connectivity index (χ0) is 28.2. The van der Waals surface area contributed by atoms with Gasteiger partial charge in [-0.2, -0.15) is 0 Å². The maximum Gasteiger partial charge on any atom is 0.435 e. The van der Waals surface area contributed by atoms with Crippen molar-refractivity contribution >= 4 is 29.4 Å². The van der Waals surface area contributed by atoms with Crippen LogP contribution in [0.15, 0.2) is 121 Å². The molecule has 0 aliphatic carbocycles. The predicted octanol–water partition coefficient (Wildman–Crippen LogP) is 8.71. The Kier molecular flexibility index (Phi) is 7.41. The second-order valence-electron chi connectivity index (χ2n) is 9.75. The van der Waals surface area contributed by atoms with Crippen molar-refractivity contribution in [3.63, 3.8) is 0 Å². The second-order valence-corrected chi connectivity index (χ2v) is 11.6. The van der Waals surface area contributed by atoms with Crippen LogP contribution in [-0.4, -0.2) is 18.8 Å². The Bertz CT molecular complexity index is 1730. The van der Waals surface area contributed by atoms with Gasteiger partial charge in [0.2, 0.25) is 0 Å². The predicted molar refractivity (Wildman–Crippen MR) is 164 cm³/mol. The SMILES string of the molecule is COc1ccc2c(c1)c1cc(OC)ccc1n2Cc1ccc(CP(=O)(Oc2ccccc2)Oc2ccccc2)cc1. The van der Waals surface area contributed by atoms with Gasteiger partial charge in [0.25, 0.3) is 0 Å². The van der Waals surface area contributed by atoms with Gasteiger partial charge >= 0.3 is 7.60 Å². The molecule has 0 aliphatic rings. The molecule has 6 nitrogen and oxygen atoms in total. The van der Waals surface area contributed by atoms with Gasteiger partial charge in [0.1, 0.15) is 23.0 Å². The zero-order valence-electron chi connectivity index (χ0n) is 22.9. The molecule has 0 saturated carbocycles. The molecular weight excluding hydrogens is 533 g/mol. The van der Waals surface area contributed by atoms with Crippen LogP contribution >= 0.6 is 7.60 Å². The average molecular weight is 564 g/mol. The fourth-order valence-electron chi connectivity index (χ4n) is 5.01. The molecule has 5 aromatic carbocycles. The summed E-state index contributed by atoms with van der Waals surface area (Å²) >= 11 is 0. The highest BCUT2D eigenvalue weighted by molar-refractivity contribution is 7.53. The Morgan fingerprint density at radius 2 is 1.02 bits per heavy atom. The average Bonchev–Trinajstić information content (AvgIpc) is 3.30. The molecule has 1 aromatic heterocycles. The van der Waals surface area contributed by atoms with Gasteiger partial charge in [0.05, 0.1) is 20.4 Å². The van der Waals surface area contributed by atoms with Gasteiger partial charge in [-0.15, -0.1) is 0 Å². The molecule has 0 saturated heterocycles. The van der Waals surface area contributed by atoms with Gasteiger partial charge < -0.3 is 23.1 Å². The minimum absolute atomic E-state index is 0.131. The fourth-order valence-corrected chi connectivity index (χ4v) is 6.72. The van der Waals surface area contributed by atoms with Crippen LogP contribution in [-0.2, 0) is 17.3 Å². The molecule has 0 unspecified atom stereocenters. The molecule has 0 fully saturated rings. The maximum atomic E-state index is 14.0. The van der Waals surface area contributed by atoms with Crippen LogP contribution in [0, 0.1) is 0 Å². The van der Waals surface area contributed by atoms with E-state index in [0.29, 0.717) is 18.0 Å². The summed E-state index contributed by atoms with van der Waals surface area (Å²) in [6, 6.07) is 38.7. The monoisotopic (exact) mass is 563 g/mol. The molecule has 0 bridgehead atoms. The number of benzene rings is 5. The second kappa shape index (κ2) is 11.4. The number of fused-ring (bicyclic) bond motifs is 3. The first kappa shape index (κ1) is 26.5. The molecule has 0 amide bonds. The first-order chi connectivity index (χ1) is 20.0. The van der Waals surface area contributed by atoms with Crippen LogP contribution in [0.2, 0.25) is 0 Å². The number of ether oxygens (including phenoxy) is 2. The number of methoxy groups -OCH3 is 2. The minimum Gasteiger partial charge on any atom is -0.497 e. The van der Waals surface area contributed by atoms with Gasteiger partial charge in [-0.05, 0) is 71.8 Å². The number of para-hydroxylation sites is 2. The number of aromatic nitrogens is 1. The van der Waals surface area contributed by atoms with Crippen molar-refractivity contribution in [2.75, 3.05) is 14.2 Å². The Balaban J connectivity index is 1.29. The first-order valence-electron chi connectivity index (χ1n) is 13.3. The third kappa shape index (κ3) is 5.79. The molecule has 41 heavy (non-hydrogen) atoms. The molecule has 6 aromatic rings. The number of hydrogen-bond donors (Lipinski definition) is 0. The van der Waals surface area contributed by atoms with E-state index < -0.39 is 7.60 Å². The highest BCUT2D eigenvalue weighted by Gasteiger charge is 2.29. The quantitative estimate of drug-likeness (QED) is 0.156. The van der Waals surface area contributed by atoms with E-state index in [1.807, 2.05) is 60.7 Å². The third-order valence-electron chi connectivity index (χ3n) is 6.99. The molecule has 1 heterocycles. The van der Waals surface area contributed by atoms with Crippen LogP contribution in [0.25, 0.3) is 21.8 Å². The molecule has 0 N–H and O–H groups in total. The topological polar surface area (TPSA) is 58.9 Å². The van der Waals surface area contributed by atoms with Crippen molar-refractivity contribution in [1.82, 2.24) is 4.57 Å². The highest BCUT2D eigenvalue weighted by atomic mass is 31.2. The van der Waals surface area contributed by atoms with Crippen molar-refractivity contribution < 1.29 is 23.1 Å². The van der Waals surface area contributed by atoms with Crippen LogP contribution in [0.4, 0.5) is 0 Å². The van der Waals surface area contributed by atoms with Crippen LogP contribution < -0.4 is 18.5 Å². The van der Waals surface area contributed by atoms with Crippen molar-refractivity contribution in [3.8, 4) is 23.0 Å². The van der Waals surface area contributed by atoms with Crippen molar-refractivity contribution in [2.24, 2.45) is 0 Å². The van der Waals surface area contributed by atoms with Gasteiger partial charge in [-0.3, -0.25) is 0 Å². The summed E-state index contributed by atoms with van der Waals surface area (Å²) in [5.41, 5.74) is 4.19. The summed E-state index contributed by atoms with van der Waals surface area (Å²) in [4.78, 5) is 0. The molecule has 206 valence electrons. The molecule has 0 radical (unpaired) electrons. The Morgan fingerprint density at radius 1 is 0.561 bits per heavy atom. The van der Waals surface area contributed by atoms with E-state index in [1.165, 1.54) is 0 Å². The van der Waals surface area contributed by atoms with Crippen LogP contribution in [0.5, 0.6) is 23.0 Å². The van der Waals surface area contributed by atoms with E-state index in [2.05, 4.69) is 41.0 Å². The van der Waals surface area contributed by atoms with Gasteiger partial charge in [-0.1, -0.05) is 60.7 Å². The van der Waals surface area contributed by atoms with Crippen molar-refractivity contribution in [2.45, 2.75) is 12.7 Å². The lowest BCUT2D eigenvalue weighted by Crippen LogP contribution is -2.05. The summed E-state index contributed by atoms with van der Waals surface area (Å²) in [6.07, 6.45) is 0.131. The van der Waals surface area contributed by atoms with E-state index in [4.69, 9.17) is 18.5 Å². The van der Waals surface area contributed by atoms with E-state index in [-0.39, 0.29) is 6.16 Å². The summed E-state index contributed by atoms with van der Waals surface area (Å²) in [7, 11) is -0.211. The minimum atomic E-state index is -3.57. The van der Waals surface area contributed by atoms with E-state index in [1.54, 1.807) is 38.5 Å². The molecule has 0 spiro atoms. The normalized spacial score (nSPS) is 11.5. The molecule has 0 atom stereocenters. The fraction of sp³-hybridized carbons (Fsp3) is 0.118. The Hall–Kier alpha value is -4.67. The van der Waals surface area contributed by atoms with Gasteiger partial charge in [0, 0.05) is 28.4 Å². The number of nitrogens with zero attached hydrogens (tertiary/aromatic N) is 1. The van der Waals surface area contributed by atoms with Gasteiger partial charge in [-0.25, -0.2) is 4.57 Å². The molecule has 0 aliphatic heterocycles. The van der Waals surface area contributed by atoms with Crippen molar-refractivity contribution in [1.29, 1.82) is 0 Å². The summed E-state index contributed by atoms with van der Waals surface area (Å²) in [5.74, 6) is 2.62. The zero-order valence-corrected chi connectivity index (χ0v) is 23.8. The number of hydrogen-bond acceptors (Lipinski definition) is 5. The smallest absolute Gasteiger partial charge is 0.435 e. The Morgan fingerprint density at radius 3 is 1.49 bits per heavy atom. The van der Waals surface area contributed by atoms with E-state index in [0.717, 1.165) is 44.4 Å². The highest BCUT2D eigenvalue weighted by Crippen LogP contribution is 2.51. The largest absolute Gasteiger partial charge is 0.497 e. The molecule has 7 heteroatoms. The lowest BCUT2D eigenvalue weighted by molar-refractivity contribution is 0.384. The standard InChI is InChI=1S/C34H30NO5P/c1-37-29-17-19-33-31(21-29)32-22-30(38-2)18-20-34(32)35(33)23-25-13-15-26(16-14-25)24-41(36,39-27-9-5-3-6-10-27)40-28-11-7-4-8-12-28/h3-22H,23-24H2,1-2H3. The summed E-state index contributed by atoms with van der Waals surface area (Å²) in [5, 5.41) is 2.21. The maximum absolute atomic E-state index is 14.0.